The maximum absolute atomic E-state index is 12.6. The molecule has 0 saturated carbocycles. The quantitative estimate of drug-likeness (QED) is 0.783. The van der Waals surface area contributed by atoms with E-state index in [1.165, 1.54) is 12.1 Å². The van der Waals surface area contributed by atoms with Gasteiger partial charge in [0.2, 0.25) is 5.91 Å². The Kier molecular flexibility index (Phi) is 5.94. The molecular weight excluding hydrogens is 321 g/mol. The second kappa shape index (κ2) is 7.94. The standard InChI is InChI=1S/C16H19F3N4O/c1-2-3-4-9-23-10-8-14(22-23)21-15(24)11-12-6-5-7-13(20-12)16(17,18)19/h5-8,10H,2-4,9,11H2,1H3,(H,21,22,24). The summed E-state index contributed by atoms with van der Waals surface area (Å²) in [5.74, 6) is -0.0795. The van der Waals surface area contributed by atoms with Gasteiger partial charge in [-0.15, -0.1) is 0 Å². The van der Waals surface area contributed by atoms with E-state index in [9.17, 15) is 18.0 Å². The van der Waals surface area contributed by atoms with Crippen molar-refractivity contribution in [2.24, 2.45) is 0 Å². The number of nitrogens with one attached hydrogen (secondary N) is 1. The third-order valence-corrected chi connectivity index (χ3v) is 3.34. The molecule has 8 heteroatoms. The van der Waals surface area contributed by atoms with Crippen LogP contribution < -0.4 is 5.32 Å². The SMILES string of the molecule is CCCCCn1ccc(NC(=O)Cc2cccc(C(F)(F)F)n2)n1. The molecule has 0 spiro atoms. The van der Waals surface area contributed by atoms with Crippen molar-refractivity contribution in [3.05, 3.63) is 41.9 Å². The average molecular weight is 340 g/mol. The zero-order valence-electron chi connectivity index (χ0n) is 13.3. The average Bonchev–Trinajstić information content (AvgIpc) is 2.94. The summed E-state index contributed by atoms with van der Waals surface area (Å²) in [7, 11) is 0. The van der Waals surface area contributed by atoms with Crippen LogP contribution in [-0.4, -0.2) is 20.7 Å². The molecular formula is C16H19F3N4O. The molecule has 0 radical (unpaired) electrons. The molecule has 0 aliphatic carbocycles. The molecule has 5 nitrogen and oxygen atoms in total. The Hall–Kier alpha value is -2.38. The fraction of sp³-hybridized carbons (Fsp3) is 0.438. The predicted molar refractivity (Wildman–Crippen MR) is 83.3 cm³/mol. The minimum Gasteiger partial charge on any atom is -0.309 e. The first kappa shape index (κ1) is 18.0. The van der Waals surface area contributed by atoms with Crippen molar-refractivity contribution in [3.8, 4) is 0 Å². The van der Waals surface area contributed by atoms with E-state index in [0.29, 0.717) is 5.82 Å². The minimum atomic E-state index is -4.52. The monoisotopic (exact) mass is 340 g/mol. The van der Waals surface area contributed by atoms with Crippen molar-refractivity contribution in [1.82, 2.24) is 14.8 Å². The molecule has 0 aromatic carbocycles. The van der Waals surface area contributed by atoms with Gasteiger partial charge in [-0.1, -0.05) is 25.8 Å². The lowest BCUT2D eigenvalue weighted by Gasteiger charge is -2.07. The van der Waals surface area contributed by atoms with Gasteiger partial charge < -0.3 is 5.32 Å². The van der Waals surface area contributed by atoms with Gasteiger partial charge in [0.15, 0.2) is 5.82 Å². The van der Waals surface area contributed by atoms with Gasteiger partial charge in [-0.05, 0) is 18.6 Å². The van der Waals surface area contributed by atoms with Crippen molar-refractivity contribution in [3.63, 3.8) is 0 Å². The van der Waals surface area contributed by atoms with Crippen molar-refractivity contribution in [2.75, 3.05) is 5.32 Å². The summed E-state index contributed by atoms with van der Waals surface area (Å²) < 4.78 is 39.5. The summed E-state index contributed by atoms with van der Waals surface area (Å²) >= 11 is 0. The van der Waals surface area contributed by atoms with Gasteiger partial charge in [0.25, 0.3) is 0 Å². The number of anilines is 1. The van der Waals surface area contributed by atoms with Gasteiger partial charge in [-0.2, -0.15) is 18.3 Å². The predicted octanol–water partition coefficient (Wildman–Crippen LogP) is 3.67. The van der Waals surface area contributed by atoms with E-state index >= 15 is 0 Å². The first-order valence-corrected chi connectivity index (χ1v) is 7.75. The lowest BCUT2D eigenvalue weighted by Crippen LogP contribution is -2.17. The number of rotatable bonds is 7. The molecule has 0 aliphatic heterocycles. The first-order valence-electron chi connectivity index (χ1n) is 7.75. The number of amides is 1. The topological polar surface area (TPSA) is 59.8 Å². The Balaban J connectivity index is 1.91. The molecule has 0 aliphatic rings. The Bertz CT molecular complexity index is 682. The molecule has 130 valence electrons. The number of carbonyl (C=O) groups excluding carboxylic acids is 1. The molecule has 24 heavy (non-hydrogen) atoms. The summed E-state index contributed by atoms with van der Waals surface area (Å²) in [6.45, 7) is 2.87. The van der Waals surface area contributed by atoms with E-state index in [2.05, 4.69) is 22.3 Å². The van der Waals surface area contributed by atoms with Gasteiger partial charge in [0.1, 0.15) is 5.69 Å². The summed E-state index contributed by atoms with van der Waals surface area (Å²) in [5, 5.41) is 6.77. The Morgan fingerprint density at radius 1 is 1.25 bits per heavy atom. The van der Waals surface area contributed by atoms with Crippen molar-refractivity contribution >= 4 is 11.7 Å². The number of hydrogen-bond donors (Lipinski definition) is 1. The van der Waals surface area contributed by atoms with Crippen LogP contribution in [0, 0.1) is 0 Å². The molecule has 0 fully saturated rings. The molecule has 1 N–H and O–H groups in total. The maximum atomic E-state index is 12.6. The summed E-state index contributed by atoms with van der Waals surface area (Å²) in [6.07, 6.45) is 0.196. The van der Waals surface area contributed by atoms with E-state index < -0.39 is 17.8 Å². The van der Waals surface area contributed by atoms with E-state index in [4.69, 9.17) is 0 Å². The van der Waals surface area contributed by atoms with Crippen LogP contribution in [0.1, 0.15) is 37.6 Å². The van der Waals surface area contributed by atoms with Gasteiger partial charge in [-0.25, -0.2) is 4.98 Å². The molecule has 0 saturated heterocycles. The van der Waals surface area contributed by atoms with Crippen molar-refractivity contribution < 1.29 is 18.0 Å². The van der Waals surface area contributed by atoms with Crippen molar-refractivity contribution in [1.29, 1.82) is 0 Å². The van der Waals surface area contributed by atoms with Crippen LogP contribution in [0.5, 0.6) is 0 Å². The number of carbonyl (C=O) groups is 1. The van der Waals surface area contributed by atoms with Gasteiger partial charge in [0, 0.05) is 18.8 Å². The van der Waals surface area contributed by atoms with E-state index in [0.717, 1.165) is 31.9 Å². The molecule has 1 amide bonds. The number of halogens is 3. The lowest BCUT2D eigenvalue weighted by molar-refractivity contribution is -0.141. The number of alkyl halides is 3. The van der Waals surface area contributed by atoms with Crippen LogP contribution >= 0.6 is 0 Å². The molecule has 0 unspecified atom stereocenters. The molecule has 2 aromatic rings. The van der Waals surface area contributed by atoms with Crippen LogP contribution in [0.2, 0.25) is 0 Å². The van der Waals surface area contributed by atoms with Gasteiger partial charge in [0.05, 0.1) is 12.1 Å². The third-order valence-electron chi connectivity index (χ3n) is 3.34. The minimum absolute atomic E-state index is 0.0599. The fourth-order valence-electron chi connectivity index (χ4n) is 2.16. The second-order valence-electron chi connectivity index (χ2n) is 5.41. The molecule has 2 heterocycles. The first-order chi connectivity index (χ1) is 11.4. The summed E-state index contributed by atoms with van der Waals surface area (Å²) in [6, 6.07) is 5.15. The Labute approximate surface area is 137 Å². The van der Waals surface area contributed by atoms with Crippen LogP contribution in [-0.2, 0) is 23.9 Å². The number of aromatic nitrogens is 3. The Morgan fingerprint density at radius 3 is 2.75 bits per heavy atom. The van der Waals surface area contributed by atoms with E-state index in [1.807, 2.05) is 0 Å². The zero-order valence-corrected chi connectivity index (χ0v) is 13.3. The highest BCUT2D eigenvalue weighted by Crippen LogP contribution is 2.27. The summed E-state index contributed by atoms with van der Waals surface area (Å²) in [5.41, 5.74) is -0.947. The van der Waals surface area contributed by atoms with E-state index in [1.54, 1.807) is 16.9 Å². The van der Waals surface area contributed by atoms with Crippen molar-refractivity contribution in [2.45, 2.75) is 45.3 Å². The van der Waals surface area contributed by atoms with Gasteiger partial charge in [-0.3, -0.25) is 9.48 Å². The van der Waals surface area contributed by atoms with Crippen LogP contribution in [0.3, 0.4) is 0 Å². The summed E-state index contributed by atoms with van der Waals surface area (Å²) in [4.78, 5) is 15.4. The number of pyridine rings is 1. The highest BCUT2D eigenvalue weighted by molar-refractivity contribution is 5.91. The molecule has 0 bridgehead atoms. The molecule has 2 aromatic heterocycles. The molecule has 0 atom stereocenters. The van der Waals surface area contributed by atoms with Crippen LogP contribution in [0.15, 0.2) is 30.5 Å². The number of unbranched alkanes of at least 4 members (excludes halogenated alkanes) is 2. The largest absolute Gasteiger partial charge is 0.433 e. The van der Waals surface area contributed by atoms with E-state index in [-0.39, 0.29) is 12.1 Å². The van der Waals surface area contributed by atoms with Crippen LogP contribution in [0.25, 0.3) is 0 Å². The van der Waals surface area contributed by atoms with Gasteiger partial charge >= 0.3 is 6.18 Å². The second-order valence-corrected chi connectivity index (χ2v) is 5.41. The van der Waals surface area contributed by atoms with Crippen LogP contribution in [0.4, 0.5) is 19.0 Å². The number of hydrogen-bond acceptors (Lipinski definition) is 3. The zero-order chi connectivity index (χ0) is 17.6. The molecule has 2 rings (SSSR count). The number of aryl methyl sites for hydroxylation is 1. The highest BCUT2D eigenvalue weighted by Gasteiger charge is 2.32. The fourth-order valence-corrected chi connectivity index (χ4v) is 2.16. The lowest BCUT2D eigenvalue weighted by atomic mass is 10.2. The smallest absolute Gasteiger partial charge is 0.309 e. The normalized spacial score (nSPS) is 11.5. The number of nitrogens with zero attached hydrogens (tertiary/aromatic N) is 3. The Morgan fingerprint density at radius 2 is 2.04 bits per heavy atom. The maximum Gasteiger partial charge on any atom is 0.433 e. The third kappa shape index (κ3) is 5.36. The highest BCUT2D eigenvalue weighted by atomic mass is 19.4.